The number of amides is 2. The lowest BCUT2D eigenvalue weighted by molar-refractivity contribution is -0.122. The van der Waals surface area contributed by atoms with Crippen LogP contribution in [0.25, 0.3) is 0 Å². The Morgan fingerprint density at radius 3 is 3.05 bits per heavy atom. The van der Waals surface area contributed by atoms with E-state index < -0.39 is 6.10 Å². The van der Waals surface area contributed by atoms with Crippen LogP contribution < -0.4 is 21.1 Å². The van der Waals surface area contributed by atoms with E-state index in [1.54, 1.807) is 6.92 Å². The Labute approximate surface area is 111 Å². The maximum absolute atomic E-state index is 11.5. The summed E-state index contributed by atoms with van der Waals surface area (Å²) < 4.78 is 5.47. The van der Waals surface area contributed by atoms with Gasteiger partial charge in [0.05, 0.1) is 12.2 Å². The third kappa shape index (κ3) is 3.45. The number of hydrogen-bond donors (Lipinski definition) is 3. The molecule has 0 fully saturated rings. The summed E-state index contributed by atoms with van der Waals surface area (Å²) in [5, 5.41) is 5.74. The molecule has 1 atom stereocenters. The first-order chi connectivity index (χ1) is 9.06. The highest BCUT2D eigenvalue weighted by Gasteiger charge is 2.23. The smallest absolute Gasteiger partial charge is 0.265 e. The zero-order valence-electron chi connectivity index (χ0n) is 10.7. The van der Waals surface area contributed by atoms with Gasteiger partial charge in [0.1, 0.15) is 5.75 Å². The van der Waals surface area contributed by atoms with Crippen molar-refractivity contribution in [2.75, 3.05) is 18.4 Å². The number of carbonyl (C=O) groups is 2. The van der Waals surface area contributed by atoms with Crippen LogP contribution in [-0.4, -0.2) is 31.0 Å². The fourth-order valence-corrected chi connectivity index (χ4v) is 1.86. The maximum atomic E-state index is 11.5. The Morgan fingerprint density at radius 2 is 2.32 bits per heavy atom. The molecule has 2 amide bonds. The number of nitrogens with one attached hydrogen (secondary N) is 2. The van der Waals surface area contributed by atoms with Crippen LogP contribution >= 0.6 is 0 Å². The predicted octanol–water partition coefficient (Wildman–Crippen LogP) is 0.0234. The van der Waals surface area contributed by atoms with Gasteiger partial charge in [0.25, 0.3) is 5.91 Å². The molecular weight excluding hydrogens is 246 g/mol. The van der Waals surface area contributed by atoms with Crippen molar-refractivity contribution in [3.05, 3.63) is 23.8 Å². The number of nitrogens with two attached hydrogens (primary N) is 1. The second-order valence-electron chi connectivity index (χ2n) is 4.47. The zero-order chi connectivity index (χ0) is 13.8. The van der Waals surface area contributed by atoms with Crippen molar-refractivity contribution in [2.24, 2.45) is 5.73 Å². The van der Waals surface area contributed by atoms with Crippen molar-refractivity contribution < 1.29 is 14.3 Å². The fourth-order valence-electron chi connectivity index (χ4n) is 1.86. The number of ether oxygens (including phenoxy) is 1. The first-order valence-corrected chi connectivity index (χ1v) is 6.16. The average molecular weight is 263 g/mol. The van der Waals surface area contributed by atoms with E-state index in [1.807, 2.05) is 18.2 Å². The van der Waals surface area contributed by atoms with Crippen LogP contribution in [0, 0.1) is 0 Å². The van der Waals surface area contributed by atoms with Gasteiger partial charge >= 0.3 is 0 Å². The van der Waals surface area contributed by atoms with Crippen LogP contribution in [0.4, 0.5) is 5.69 Å². The van der Waals surface area contributed by atoms with Gasteiger partial charge in [0.2, 0.25) is 5.91 Å². The standard InChI is InChI=1S/C13H17N3O3/c1-8-13(18)16-10-6-9(2-3-11(10)19-8)4-5-15-7-12(14)17/h2-3,6,8,15H,4-5,7H2,1H3,(H2,14,17)(H,16,18). The molecule has 1 aliphatic heterocycles. The van der Waals surface area contributed by atoms with Crippen molar-refractivity contribution in [3.8, 4) is 5.75 Å². The van der Waals surface area contributed by atoms with E-state index >= 15 is 0 Å². The lowest BCUT2D eigenvalue weighted by Crippen LogP contribution is -2.34. The van der Waals surface area contributed by atoms with Crippen LogP contribution in [0.5, 0.6) is 5.75 Å². The highest BCUT2D eigenvalue weighted by Crippen LogP contribution is 2.30. The Bertz CT molecular complexity index is 502. The maximum Gasteiger partial charge on any atom is 0.265 e. The molecular formula is C13H17N3O3. The van der Waals surface area contributed by atoms with Crippen LogP contribution in [0.3, 0.4) is 0 Å². The number of anilines is 1. The first-order valence-electron chi connectivity index (χ1n) is 6.16. The lowest BCUT2D eigenvalue weighted by atomic mass is 10.1. The molecule has 6 nitrogen and oxygen atoms in total. The number of carbonyl (C=O) groups excluding carboxylic acids is 2. The van der Waals surface area contributed by atoms with Crippen molar-refractivity contribution in [2.45, 2.75) is 19.4 Å². The molecule has 1 aromatic carbocycles. The van der Waals surface area contributed by atoms with Gasteiger partial charge in [-0.05, 0) is 37.6 Å². The number of primary amides is 1. The molecule has 4 N–H and O–H groups in total. The molecule has 0 spiro atoms. The van der Waals surface area contributed by atoms with Crippen molar-refractivity contribution in [1.29, 1.82) is 0 Å². The summed E-state index contributed by atoms with van der Waals surface area (Å²) in [5.41, 5.74) is 6.77. The molecule has 0 saturated heterocycles. The largest absolute Gasteiger partial charge is 0.479 e. The van der Waals surface area contributed by atoms with Crippen LogP contribution in [-0.2, 0) is 16.0 Å². The molecule has 0 radical (unpaired) electrons. The molecule has 0 aliphatic carbocycles. The molecule has 0 aromatic heterocycles. The number of benzene rings is 1. The second kappa shape index (κ2) is 5.71. The lowest BCUT2D eigenvalue weighted by Gasteiger charge is -2.23. The van der Waals surface area contributed by atoms with E-state index in [4.69, 9.17) is 10.5 Å². The van der Waals surface area contributed by atoms with E-state index in [0.29, 0.717) is 18.0 Å². The summed E-state index contributed by atoms with van der Waals surface area (Å²) in [6.07, 6.45) is 0.280. The van der Waals surface area contributed by atoms with E-state index in [-0.39, 0.29) is 18.4 Å². The first kappa shape index (κ1) is 13.4. The Hall–Kier alpha value is -2.08. The summed E-state index contributed by atoms with van der Waals surface area (Å²) in [4.78, 5) is 22.1. The Morgan fingerprint density at radius 1 is 1.53 bits per heavy atom. The average Bonchev–Trinajstić information content (AvgIpc) is 2.36. The third-order valence-corrected chi connectivity index (χ3v) is 2.86. The van der Waals surface area contributed by atoms with Gasteiger partial charge < -0.3 is 21.1 Å². The minimum Gasteiger partial charge on any atom is -0.479 e. The van der Waals surface area contributed by atoms with Gasteiger partial charge in [0, 0.05) is 0 Å². The SMILES string of the molecule is CC1Oc2ccc(CCNCC(N)=O)cc2NC1=O. The van der Waals surface area contributed by atoms with E-state index in [9.17, 15) is 9.59 Å². The van der Waals surface area contributed by atoms with Gasteiger partial charge in [-0.2, -0.15) is 0 Å². The topological polar surface area (TPSA) is 93.4 Å². The Balaban J connectivity index is 1.95. The molecule has 6 heteroatoms. The second-order valence-corrected chi connectivity index (χ2v) is 4.47. The number of hydrogen-bond acceptors (Lipinski definition) is 4. The summed E-state index contributed by atoms with van der Waals surface area (Å²) >= 11 is 0. The van der Waals surface area contributed by atoms with Crippen LogP contribution in [0.1, 0.15) is 12.5 Å². The molecule has 1 aliphatic rings. The van der Waals surface area contributed by atoms with Gasteiger partial charge in [0.15, 0.2) is 6.10 Å². The highest BCUT2D eigenvalue weighted by molar-refractivity contribution is 5.97. The minimum atomic E-state index is -0.462. The summed E-state index contributed by atoms with van der Waals surface area (Å²) in [7, 11) is 0. The molecule has 0 saturated carbocycles. The van der Waals surface area contributed by atoms with Crippen molar-refractivity contribution in [3.63, 3.8) is 0 Å². The molecule has 102 valence electrons. The quantitative estimate of drug-likeness (QED) is 0.653. The summed E-state index contributed by atoms with van der Waals surface area (Å²) in [5.74, 6) is 0.164. The zero-order valence-corrected chi connectivity index (χ0v) is 10.7. The van der Waals surface area contributed by atoms with Gasteiger partial charge in [-0.15, -0.1) is 0 Å². The predicted molar refractivity (Wildman–Crippen MR) is 70.9 cm³/mol. The molecule has 1 aromatic rings. The number of rotatable bonds is 5. The van der Waals surface area contributed by atoms with E-state index in [0.717, 1.165) is 12.0 Å². The molecule has 0 bridgehead atoms. The summed E-state index contributed by atoms with van der Waals surface area (Å²) in [6.45, 7) is 2.52. The Kier molecular flexibility index (Phi) is 4.01. The highest BCUT2D eigenvalue weighted by atomic mass is 16.5. The van der Waals surface area contributed by atoms with Crippen LogP contribution in [0.15, 0.2) is 18.2 Å². The third-order valence-electron chi connectivity index (χ3n) is 2.86. The fraction of sp³-hybridized carbons (Fsp3) is 0.385. The normalized spacial score (nSPS) is 17.3. The minimum absolute atomic E-state index is 0.142. The van der Waals surface area contributed by atoms with Gasteiger partial charge in [-0.25, -0.2) is 0 Å². The van der Waals surface area contributed by atoms with Crippen molar-refractivity contribution >= 4 is 17.5 Å². The van der Waals surface area contributed by atoms with Crippen LogP contribution in [0.2, 0.25) is 0 Å². The van der Waals surface area contributed by atoms with E-state index in [1.165, 1.54) is 0 Å². The molecule has 1 unspecified atom stereocenters. The molecule has 1 heterocycles. The van der Waals surface area contributed by atoms with E-state index in [2.05, 4.69) is 10.6 Å². The van der Waals surface area contributed by atoms with Gasteiger partial charge in [-0.1, -0.05) is 6.07 Å². The molecule has 19 heavy (non-hydrogen) atoms. The van der Waals surface area contributed by atoms with Gasteiger partial charge in [-0.3, -0.25) is 9.59 Å². The number of fused-ring (bicyclic) bond motifs is 1. The monoisotopic (exact) mass is 263 g/mol. The molecule has 2 rings (SSSR count). The van der Waals surface area contributed by atoms with Crippen molar-refractivity contribution in [1.82, 2.24) is 5.32 Å². The summed E-state index contributed by atoms with van der Waals surface area (Å²) in [6, 6.07) is 5.66.